The molecule has 1 heterocycles. The Balaban J connectivity index is 1.82. The van der Waals surface area contributed by atoms with Crippen LogP contribution in [-0.4, -0.2) is 36.4 Å². The molecule has 1 aliphatic heterocycles. The Morgan fingerprint density at radius 1 is 1.17 bits per heavy atom. The van der Waals surface area contributed by atoms with E-state index in [1.54, 1.807) is 0 Å². The van der Waals surface area contributed by atoms with Gasteiger partial charge in [-0.3, -0.25) is 9.69 Å². The van der Waals surface area contributed by atoms with Crippen LogP contribution in [0, 0.1) is 11.8 Å². The van der Waals surface area contributed by atoms with E-state index in [-0.39, 0.29) is 0 Å². The average molecular weight is 252 g/mol. The Bertz CT molecular complexity index is 272. The van der Waals surface area contributed by atoms with Gasteiger partial charge < -0.3 is 5.73 Å². The molecule has 0 aromatic carbocycles. The molecule has 3 nitrogen and oxygen atoms in total. The number of Topliss-reactive ketones (excluding diaryl/α,β-unsaturated/α-hetero) is 1. The Kier molecular flexibility index (Phi) is 5.19. The molecule has 0 bridgehead atoms. The van der Waals surface area contributed by atoms with Gasteiger partial charge in [0.2, 0.25) is 0 Å². The maximum absolute atomic E-state index is 12.4. The molecule has 1 saturated carbocycles. The van der Waals surface area contributed by atoms with Crippen LogP contribution in [0.25, 0.3) is 0 Å². The highest BCUT2D eigenvalue weighted by atomic mass is 16.1. The number of ketones is 1. The molecule has 0 aromatic rings. The van der Waals surface area contributed by atoms with Crippen molar-refractivity contribution in [2.75, 3.05) is 19.6 Å². The predicted octanol–water partition coefficient (Wildman–Crippen LogP) is 2.20. The van der Waals surface area contributed by atoms with E-state index in [1.807, 2.05) is 0 Å². The van der Waals surface area contributed by atoms with Crippen LogP contribution in [0.3, 0.4) is 0 Å². The zero-order chi connectivity index (χ0) is 13.0. The van der Waals surface area contributed by atoms with Crippen molar-refractivity contribution in [2.45, 2.75) is 57.9 Å². The van der Waals surface area contributed by atoms with Gasteiger partial charge in [-0.15, -0.1) is 0 Å². The van der Waals surface area contributed by atoms with E-state index in [2.05, 4.69) is 11.8 Å². The second kappa shape index (κ2) is 6.67. The summed E-state index contributed by atoms with van der Waals surface area (Å²) in [7, 11) is 0. The topological polar surface area (TPSA) is 46.3 Å². The van der Waals surface area contributed by atoms with Crippen LogP contribution in [0.5, 0.6) is 0 Å². The van der Waals surface area contributed by atoms with Crippen LogP contribution in [0.2, 0.25) is 0 Å². The second-order valence-electron chi connectivity index (χ2n) is 6.14. The quantitative estimate of drug-likeness (QED) is 0.834. The lowest BCUT2D eigenvalue weighted by atomic mass is 9.75. The summed E-state index contributed by atoms with van der Waals surface area (Å²) in [5, 5.41) is 0. The Labute approximate surface area is 111 Å². The maximum Gasteiger partial charge on any atom is 0.150 e. The molecule has 0 radical (unpaired) electrons. The molecule has 18 heavy (non-hydrogen) atoms. The highest BCUT2D eigenvalue weighted by Crippen LogP contribution is 2.33. The maximum atomic E-state index is 12.4. The number of carbonyl (C=O) groups excluding carboxylic acids is 1. The highest BCUT2D eigenvalue weighted by molar-refractivity contribution is 5.83. The molecular formula is C15H28N2O. The minimum atomic E-state index is 0.347. The van der Waals surface area contributed by atoms with Crippen LogP contribution in [0.4, 0.5) is 0 Å². The van der Waals surface area contributed by atoms with Crippen molar-refractivity contribution in [1.29, 1.82) is 0 Å². The summed E-state index contributed by atoms with van der Waals surface area (Å²) in [4.78, 5) is 14.8. The van der Waals surface area contributed by atoms with Gasteiger partial charge in [-0.1, -0.05) is 26.2 Å². The molecule has 2 atom stereocenters. The summed E-state index contributed by atoms with van der Waals surface area (Å²) >= 11 is 0. The average Bonchev–Trinajstić information content (AvgIpc) is 2.41. The lowest BCUT2D eigenvalue weighted by Gasteiger charge is -2.34. The monoisotopic (exact) mass is 252 g/mol. The van der Waals surface area contributed by atoms with Gasteiger partial charge in [0.15, 0.2) is 0 Å². The first-order valence-electron chi connectivity index (χ1n) is 7.71. The van der Waals surface area contributed by atoms with Gasteiger partial charge in [0, 0.05) is 25.0 Å². The van der Waals surface area contributed by atoms with Gasteiger partial charge in [0.25, 0.3) is 0 Å². The summed E-state index contributed by atoms with van der Waals surface area (Å²) in [5.41, 5.74) is 5.90. The van der Waals surface area contributed by atoms with Gasteiger partial charge in [0.05, 0.1) is 6.54 Å². The van der Waals surface area contributed by atoms with E-state index in [1.165, 1.54) is 25.7 Å². The fourth-order valence-electron chi connectivity index (χ4n) is 3.57. The van der Waals surface area contributed by atoms with Gasteiger partial charge >= 0.3 is 0 Å². The number of nitrogens with two attached hydrogens (primary N) is 1. The first kappa shape index (κ1) is 14.0. The van der Waals surface area contributed by atoms with Crippen LogP contribution in [0.1, 0.15) is 51.9 Å². The molecule has 0 amide bonds. The van der Waals surface area contributed by atoms with Gasteiger partial charge in [-0.2, -0.15) is 0 Å². The third-order valence-electron chi connectivity index (χ3n) is 4.86. The lowest BCUT2D eigenvalue weighted by Crippen LogP contribution is -2.44. The van der Waals surface area contributed by atoms with E-state index >= 15 is 0 Å². The molecule has 0 spiro atoms. The summed E-state index contributed by atoms with van der Waals surface area (Å²) in [6.07, 6.45) is 8.23. The number of piperidine rings is 1. The molecule has 1 saturated heterocycles. The van der Waals surface area contributed by atoms with Crippen molar-refractivity contribution in [3.8, 4) is 0 Å². The summed E-state index contributed by atoms with van der Waals surface area (Å²) in [6, 6.07) is 0.356. The van der Waals surface area contributed by atoms with Crippen LogP contribution < -0.4 is 5.73 Å². The number of hydrogen-bond acceptors (Lipinski definition) is 3. The smallest absolute Gasteiger partial charge is 0.150 e. The summed E-state index contributed by atoms with van der Waals surface area (Å²) in [6.45, 7) is 4.93. The predicted molar refractivity (Wildman–Crippen MR) is 74.4 cm³/mol. The molecule has 104 valence electrons. The Hall–Kier alpha value is -0.410. The normalized spacial score (nSPS) is 31.4. The fraction of sp³-hybridized carbons (Fsp3) is 0.933. The first-order chi connectivity index (χ1) is 8.70. The molecule has 1 aliphatic carbocycles. The SMILES string of the molecule is CCC1CCCCC1C(=O)CN1CCC(N)CC1. The van der Waals surface area contributed by atoms with E-state index in [0.29, 0.717) is 30.2 Å². The minimum Gasteiger partial charge on any atom is -0.328 e. The molecule has 2 N–H and O–H groups in total. The van der Waals surface area contributed by atoms with Crippen molar-refractivity contribution >= 4 is 5.78 Å². The van der Waals surface area contributed by atoms with E-state index in [0.717, 1.165) is 32.4 Å². The zero-order valence-corrected chi connectivity index (χ0v) is 11.7. The van der Waals surface area contributed by atoms with E-state index in [9.17, 15) is 4.79 Å². The Morgan fingerprint density at radius 3 is 2.50 bits per heavy atom. The first-order valence-corrected chi connectivity index (χ1v) is 7.71. The minimum absolute atomic E-state index is 0.347. The largest absolute Gasteiger partial charge is 0.328 e. The van der Waals surface area contributed by atoms with Crippen molar-refractivity contribution in [3.05, 3.63) is 0 Å². The third-order valence-corrected chi connectivity index (χ3v) is 4.86. The number of rotatable bonds is 4. The molecule has 2 aliphatic rings. The van der Waals surface area contributed by atoms with Crippen LogP contribution in [0.15, 0.2) is 0 Å². The summed E-state index contributed by atoms with van der Waals surface area (Å²) in [5.74, 6) is 1.50. The lowest BCUT2D eigenvalue weighted by molar-refractivity contribution is -0.127. The van der Waals surface area contributed by atoms with Crippen molar-refractivity contribution < 1.29 is 4.79 Å². The third kappa shape index (κ3) is 3.55. The molecule has 2 unspecified atom stereocenters. The standard InChI is InChI=1S/C15H28N2O/c1-2-12-5-3-4-6-14(12)15(18)11-17-9-7-13(16)8-10-17/h12-14H,2-11,16H2,1H3. The molecular weight excluding hydrogens is 224 g/mol. The number of nitrogens with zero attached hydrogens (tertiary/aromatic N) is 1. The summed E-state index contributed by atoms with van der Waals surface area (Å²) < 4.78 is 0. The van der Waals surface area contributed by atoms with Crippen LogP contribution >= 0.6 is 0 Å². The van der Waals surface area contributed by atoms with Gasteiger partial charge in [-0.05, 0) is 31.6 Å². The Morgan fingerprint density at radius 2 is 1.83 bits per heavy atom. The highest BCUT2D eigenvalue weighted by Gasteiger charge is 2.30. The van der Waals surface area contributed by atoms with Gasteiger partial charge in [-0.25, -0.2) is 0 Å². The molecule has 2 fully saturated rings. The molecule has 2 rings (SSSR count). The van der Waals surface area contributed by atoms with E-state index in [4.69, 9.17) is 5.73 Å². The van der Waals surface area contributed by atoms with Gasteiger partial charge in [0.1, 0.15) is 5.78 Å². The van der Waals surface area contributed by atoms with Crippen molar-refractivity contribution in [1.82, 2.24) is 4.90 Å². The number of carbonyl (C=O) groups is 1. The molecule has 3 heteroatoms. The number of likely N-dealkylation sites (tertiary alicyclic amines) is 1. The van der Waals surface area contributed by atoms with E-state index < -0.39 is 0 Å². The molecule has 0 aromatic heterocycles. The number of hydrogen-bond donors (Lipinski definition) is 1. The fourth-order valence-corrected chi connectivity index (χ4v) is 3.57. The second-order valence-corrected chi connectivity index (χ2v) is 6.14. The van der Waals surface area contributed by atoms with Crippen LogP contribution in [-0.2, 0) is 4.79 Å². The van der Waals surface area contributed by atoms with Crippen molar-refractivity contribution in [3.63, 3.8) is 0 Å². The zero-order valence-electron chi connectivity index (χ0n) is 11.7. The van der Waals surface area contributed by atoms with Crippen molar-refractivity contribution in [2.24, 2.45) is 17.6 Å².